The van der Waals surface area contributed by atoms with Gasteiger partial charge in [-0.25, -0.2) is 9.97 Å². The number of benzene rings is 2. The summed E-state index contributed by atoms with van der Waals surface area (Å²) < 4.78 is 1.83. The summed E-state index contributed by atoms with van der Waals surface area (Å²) in [6, 6.07) is 22.7. The van der Waals surface area contributed by atoms with Gasteiger partial charge in [-0.05, 0) is 30.2 Å². The highest BCUT2D eigenvalue weighted by atomic mass is 16.1. The zero-order chi connectivity index (χ0) is 21.5. The molecule has 158 valence electrons. The first-order valence-electron chi connectivity index (χ1n) is 10.7. The van der Waals surface area contributed by atoms with Crippen molar-refractivity contribution in [2.75, 3.05) is 24.5 Å². The van der Waals surface area contributed by atoms with Crippen molar-refractivity contribution in [3.8, 4) is 11.1 Å². The molecular weight excluding hydrogens is 386 g/mol. The van der Waals surface area contributed by atoms with Crippen LogP contribution >= 0.6 is 0 Å². The van der Waals surface area contributed by atoms with E-state index < -0.39 is 0 Å². The number of imidazole rings is 1. The molecule has 2 aromatic carbocycles. The second-order valence-corrected chi connectivity index (χ2v) is 7.44. The number of hydrogen-bond acceptors (Lipinski definition) is 4. The second kappa shape index (κ2) is 9.89. The highest BCUT2D eigenvalue weighted by Crippen LogP contribution is 2.30. The number of carbonyl (C=O) groups is 1. The van der Waals surface area contributed by atoms with Crippen LogP contribution in [-0.2, 0) is 11.3 Å². The van der Waals surface area contributed by atoms with Gasteiger partial charge in [-0.15, -0.1) is 0 Å². The van der Waals surface area contributed by atoms with Crippen molar-refractivity contribution in [3.05, 3.63) is 79.3 Å². The van der Waals surface area contributed by atoms with E-state index in [4.69, 9.17) is 0 Å². The molecule has 0 bridgehead atoms. The quantitative estimate of drug-likeness (QED) is 0.448. The van der Waals surface area contributed by atoms with E-state index in [2.05, 4.69) is 75.6 Å². The third kappa shape index (κ3) is 4.91. The van der Waals surface area contributed by atoms with Crippen molar-refractivity contribution in [2.45, 2.75) is 19.9 Å². The van der Waals surface area contributed by atoms with Gasteiger partial charge in [0.1, 0.15) is 6.54 Å². The molecule has 1 N–H and O–H groups in total. The first kappa shape index (κ1) is 20.6. The van der Waals surface area contributed by atoms with E-state index in [1.165, 1.54) is 16.8 Å². The maximum absolute atomic E-state index is 12.5. The minimum absolute atomic E-state index is 0.0315. The van der Waals surface area contributed by atoms with Gasteiger partial charge in [-0.1, -0.05) is 55.5 Å². The number of anilines is 1. The van der Waals surface area contributed by atoms with Crippen LogP contribution in [0.3, 0.4) is 0 Å². The van der Waals surface area contributed by atoms with Gasteiger partial charge in [0.15, 0.2) is 5.65 Å². The van der Waals surface area contributed by atoms with Gasteiger partial charge >= 0.3 is 0 Å². The van der Waals surface area contributed by atoms with Crippen LogP contribution in [0.25, 0.3) is 22.3 Å². The maximum Gasteiger partial charge on any atom is 0.240 e. The van der Waals surface area contributed by atoms with E-state index >= 15 is 0 Å². The number of carbonyl (C=O) groups excluding carboxylic acids is 1. The van der Waals surface area contributed by atoms with Crippen molar-refractivity contribution < 1.29 is 4.79 Å². The van der Waals surface area contributed by atoms with Crippen molar-refractivity contribution >= 4 is 22.8 Å². The first-order valence-corrected chi connectivity index (χ1v) is 10.7. The van der Waals surface area contributed by atoms with E-state index in [1.54, 1.807) is 12.5 Å². The third-order valence-corrected chi connectivity index (χ3v) is 5.24. The lowest BCUT2D eigenvalue weighted by molar-refractivity contribution is -0.121. The third-order valence-electron chi connectivity index (χ3n) is 5.24. The monoisotopic (exact) mass is 413 g/mol. The van der Waals surface area contributed by atoms with E-state index in [0.29, 0.717) is 12.2 Å². The predicted octanol–water partition coefficient (Wildman–Crippen LogP) is 4.13. The number of pyridine rings is 1. The van der Waals surface area contributed by atoms with Crippen molar-refractivity contribution in [2.24, 2.45) is 0 Å². The molecule has 4 rings (SSSR count). The molecule has 0 aliphatic heterocycles. The Balaban J connectivity index is 1.41. The highest BCUT2D eigenvalue weighted by molar-refractivity contribution is 5.80. The molecule has 0 atom stereocenters. The Morgan fingerprint density at radius 2 is 1.77 bits per heavy atom. The molecule has 4 aromatic rings. The lowest BCUT2D eigenvalue weighted by Gasteiger charge is -2.27. The van der Waals surface area contributed by atoms with Crippen LogP contribution < -0.4 is 10.2 Å². The summed E-state index contributed by atoms with van der Waals surface area (Å²) >= 11 is 0. The Labute approximate surface area is 182 Å². The molecule has 6 heteroatoms. The molecule has 0 saturated carbocycles. The lowest BCUT2D eigenvalue weighted by atomic mass is 10.0. The standard InChI is InChI=1S/C25H27N5O/c1-2-16-29(22-12-7-6-11-21(22)20-9-4-3-5-10-20)17-15-26-24(31)18-30-19-28-25-23(30)13-8-14-27-25/h3-14,19H,2,15-18H2,1H3,(H,26,31). The molecule has 0 radical (unpaired) electrons. The average molecular weight is 414 g/mol. The van der Waals surface area contributed by atoms with Gasteiger partial charge in [0.25, 0.3) is 0 Å². The summed E-state index contributed by atoms with van der Waals surface area (Å²) in [4.78, 5) is 23.3. The van der Waals surface area contributed by atoms with Gasteiger partial charge in [0.05, 0.1) is 11.8 Å². The van der Waals surface area contributed by atoms with Crippen molar-refractivity contribution in [3.63, 3.8) is 0 Å². The number of fused-ring (bicyclic) bond motifs is 1. The summed E-state index contributed by atoms with van der Waals surface area (Å²) in [6.45, 7) is 4.66. The molecule has 0 fully saturated rings. The van der Waals surface area contributed by atoms with Gasteiger partial charge in [0, 0.05) is 37.1 Å². The van der Waals surface area contributed by atoms with Gasteiger partial charge in [-0.3, -0.25) is 4.79 Å². The molecule has 0 unspecified atom stereocenters. The van der Waals surface area contributed by atoms with Crippen LogP contribution in [0.5, 0.6) is 0 Å². The highest BCUT2D eigenvalue weighted by Gasteiger charge is 2.13. The maximum atomic E-state index is 12.5. The summed E-state index contributed by atoms with van der Waals surface area (Å²) in [5, 5.41) is 3.05. The second-order valence-electron chi connectivity index (χ2n) is 7.44. The number of hydrogen-bond donors (Lipinski definition) is 1. The van der Waals surface area contributed by atoms with Crippen LogP contribution in [0, 0.1) is 0 Å². The van der Waals surface area contributed by atoms with Crippen LogP contribution in [0.1, 0.15) is 13.3 Å². The van der Waals surface area contributed by atoms with Gasteiger partial charge in [0.2, 0.25) is 5.91 Å². The Hall–Kier alpha value is -3.67. The van der Waals surface area contributed by atoms with Crippen LogP contribution in [0.2, 0.25) is 0 Å². The zero-order valence-electron chi connectivity index (χ0n) is 17.7. The van der Waals surface area contributed by atoms with Gasteiger partial charge < -0.3 is 14.8 Å². The normalized spacial score (nSPS) is 10.9. The fourth-order valence-electron chi connectivity index (χ4n) is 3.80. The van der Waals surface area contributed by atoms with Crippen LogP contribution in [0.4, 0.5) is 5.69 Å². The fourth-order valence-corrected chi connectivity index (χ4v) is 3.80. The number of nitrogens with one attached hydrogen (secondary N) is 1. The SMILES string of the molecule is CCCN(CCNC(=O)Cn1cnc2ncccc21)c1ccccc1-c1ccccc1. The molecule has 1 amide bonds. The minimum atomic E-state index is -0.0315. The molecular formula is C25H27N5O. The summed E-state index contributed by atoms with van der Waals surface area (Å²) in [6.07, 6.45) is 4.40. The average Bonchev–Trinajstić information content (AvgIpc) is 3.22. The molecule has 31 heavy (non-hydrogen) atoms. The van der Waals surface area contributed by atoms with Crippen LogP contribution in [-0.4, -0.2) is 40.1 Å². The molecule has 0 aliphatic carbocycles. The molecule has 0 saturated heterocycles. The van der Waals surface area contributed by atoms with Crippen LogP contribution in [0.15, 0.2) is 79.3 Å². The molecule has 0 spiro atoms. The Kier molecular flexibility index (Phi) is 6.57. The number of amides is 1. The Morgan fingerprint density at radius 3 is 2.61 bits per heavy atom. The summed E-state index contributed by atoms with van der Waals surface area (Å²) in [7, 11) is 0. The van der Waals surface area contributed by atoms with E-state index in [9.17, 15) is 4.79 Å². The van der Waals surface area contributed by atoms with E-state index in [0.717, 1.165) is 25.0 Å². The Morgan fingerprint density at radius 1 is 0.968 bits per heavy atom. The number of para-hydroxylation sites is 1. The molecule has 2 heterocycles. The zero-order valence-corrected chi connectivity index (χ0v) is 17.7. The van der Waals surface area contributed by atoms with Gasteiger partial charge in [-0.2, -0.15) is 0 Å². The predicted molar refractivity (Wildman–Crippen MR) is 125 cm³/mol. The smallest absolute Gasteiger partial charge is 0.240 e. The number of nitrogens with zero attached hydrogens (tertiary/aromatic N) is 4. The fraction of sp³-hybridized carbons (Fsp3) is 0.240. The van der Waals surface area contributed by atoms with E-state index in [-0.39, 0.29) is 12.5 Å². The Bertz CT molecular complexity index is 1140. The summed E-state index contributed by atoms with van der Waals surface area (Å²) in [5.74, 6) is -0.0315. The van der Waals surface area contributed by atoms with Crippen molar-refractivity contribution in [1.29, 1.82) is 0 Å². The molecule has 6 nitrogen and oxygen atoms in total. The first-order chi connectivity index (χ1) is 15.3. The lowest BCUT2D eigenvalue weighted by Crippen LogP contribution is -2.37. The van der Waals surface area contributed by atoms with Crippen molar-refractivity contribution in [1.82, 2.24) is 19.9 Å². The number of aromatic nitrogens is 3. The topological polar surface area (TPSA) is 63.1 Å². The molecule has 0 aliphatic rings. The minimum Gasteiger partial charge on any atom is -0.369 e. The molecule has 2 aromatic heterocycles. The largest absolute Gasteiger partial charge is 0.369 e. The summed E-state index contributed by atoms with van der Waals surface area (Å²) in [5.41, 5.74) is 5.12. The van der Waals surface area contributed by atoms with E-state index in [1.807, 2.05) is 22.8 Å². The number of rotatable bonds is 9.